The van der Waals surface area contributed by atoms with Gasteiger partial charge in [0.2, 0.25) is 0 Å². The van der Waals surface area contributed by atoms with Crippen molar-refractivity contribution in [1.82, 2.24) is 0 Å². The zero-order chi connectivity index (χ0) is 15.7. The maximum atomic E-state index is 9.76. The lowest BCUT2D eigenvalue weighted by molar-refractivity contribution is -0.648. The van der Waals surface area contributed by atoms with E-state index in [0.717, 1.165) is 6.92 Å². The third-order valence-electron chi connectivity index (χ3n) is 1.81. The number of carbonyl (C=O) groups excluding carboxylic acids is 2. The summed E-state index contributed by atoms with van der Waals surface area (Å²) in [4.78, 5) is 19.4. The molecule has 0 amide bonds. The number of carbonyl (C=O) groups is 2. The molecule has 0 spiro atoms. The second-order valence-electron chi connectivity index (χ2n) is 3.64. The molecule has 0 radical (unpaired) electrons. The molecule has 0 rings (SSSR count). The average Bonchev–Trinajstić information content (AvgIpc) is 2.31. The molecule has 0 aliphatic heterocycles. The van der Waals surface area contributed by atoms with Crippen molar-refractivity contribution in [3.63, 3.8) is 0 Å². The largest absolute Gasteiger partial charge is 0.545 e. The first-order valence-electron chi connectivity index (χ1n) is 6.61. The minimum Gasteiger partial charge on any atom is -0.545 e. The molecule has 0 fully saturated rings. The molecule has 0 aromatic heterocycles. The van der Waals surface area contributed by atoms with Gasteiger partial charge in [-0.2, -0.15) is 0 Å². The Balaban J connectivity index is -0.000000219. The molecule has 114 valence electrons. The van der Waals surface area contributed by atoms with Crippen molar-refractivity contribution in [2.45, 2.75) is 34.6 Å². The lowest BCUT2D eigenvalue weighted by Crippen LogP contribution is -2.82. The number of hydrogen-bond acceptors (Lipinski definition) is 4. The van der Waals surface area contributed by atoms with Gasteiger partial charge in [-0.1, -0.05) is 0 Å². The van der Waals surface area contributed by atoms with Crippen molar-refractivity contribution in [1.29, 1.82) is 0 Å². The molecule has 0 saturated heterocycles. The third-order valence-corrected chi connectivity index (χ3v) is 1.81. The van der Waals surface area contributed by atoms with Crippen LogP contribution in [0.3, 0.4) is 0 Å². The molecule has 0 saturated carbocycles. The Morgan fingerprint density at radius 2 is 1.21 bits per heavy atom. The van der Waals surface area contributed by atoms with Crippen LogP contribution >= 0.6 is 0 Å². The topological polar surface area (TPSA) is 113 Å². The first-order valence-corrected chi connectivity index (χ1v) is 6.61. The van der Waals surface area contributed by atoms with Crippen molar-refractivity contribution in [2.75, 3.05) is 26.2 Å². The molecule has 0 heterocycles. The highest BCUT2D eigenvalue weighted by atomic mass is 16.4. The first kappa shape index (κ1) is 22.8. The Morgan fingerprint density at radius 1 is 0.895 bits per heavy atom. The molecule has 0 aliphatic carbocycles. The minimum atomic E-state index is -1.53. The number of carboxylic acid groups (broad SMARTS) is 2. The van der Waals surface area contributed by atoms with Crippen LogP contribution in [-0.4, -0.2) is 38.1 Å². The highest BCUT2D eigenvalue weighted by Crippen LogP contribution is 1.86. The number of nitrogens with two attached hydrogens (primary N) is 2. The van der Waals surface area contributed by atoms with Gasteiger partial charge in [0, 0.05) is 0 Å². The van der Waals surface area contributed by atoms with Crippen LogP contribution in [0.2, 0.25) is 0 Å². The lowest BCUT2D eigenvalue weighted by atomic mass is 10.3. The van der Waals surface area contributed by atoms with E-state index >= 15 is 0 Å². The fraction of sp³-hybridized carbons (Fsp3) is 0.692. The van der Waals surface area contributed by atoms with Gasteiger partial charge in [0.05, 0.1) is 38.1 Å². The van der Waals surface area contributed by atoms with Gasteiger partial charge in [0.25, 0.3) is 0 Å². The Morgan fingerprint density at radius 3 is 1.26 bits per heavy atom. The predicted molar refractivity (Wildman–Crippen MR) is 69.8 cm³/mol. The van der Waals surface area contributed by atoms with E-state index in [2.05, 4.69) is 38.3 Å². The van der Waals surface area contributed by atoms with Crippen LogP contribution in [0.25, 0.3) is 0 Å². The fourth-order valence-electron chi connectivity index (χ4n) is 0.813. The minimum absolute atomic E-state index is 0.352. The van der Waals surface area contributed by atoms with E-state index in [9.17, 15) is 19.8 Å². The molecule has 0 aliphatic rings. The molecule has 0 unspecified atom stereocenters. The molecular weight excluding hydrogens is 248 g/mol. The molecular formula is C13H28N2O4. The molecule has 6 nitrogen and oxygen atoms in total. The van der Waals surface area contributed by atoms with Crippen molar-refractivity contribution in [3.05, 3.63) is 11.6 Å². The average molecular weight is 276 g/mol. The molecule has 19 heavy (non-hydrogen) atoms. The van der Waals surface area contributed by atoms with Crippen LogP contribution in [0.15, 0.2) is 11.6 Å². The van der Waals surface area contributed by atoms with Gasteiger partial charge in [-0.15, -0.1) is 0 Å². The van der Waals surface area contributed by atoms with Crippen molar-refractivity contribution >= 4 is 11.9 Å². The van der Waals surface area contributed by atoms with Crippen LogP contribution in [0, 0.1) is 0 Å². The van der Waals surface area contributed by atoms with Gasteiger partial charge >= 0.3 is 0 Å². The molecule has 6 heteroatoms. The van der Waals surface area contributed by atoms with Crippen LogP contribution in [0.4, 0.5) is 0 Å². The van der Waals surface area contributed by atoms with Gasteiger partial charge < -0.3 is 30.4 Å². The first-order chi connectivity index (χ1) is 8.87. The van der Waals surface area contributed by atoms with Gasteiger partial charge in [-0.05, 0) is 46.3 Å². The Labute approximate surface area is 115 Å². The second-order valence-corrected chi connectivity index (χ2v) is 3.64. The Hall–Kier alpha value is -1.40. The summed E-state index contributed by atoms with van der Waals surface area (Å²) in [6.07, 6.45) is 0.468. The van der Waals surface area contributed by atoms with E-state index in [1.807, 2.05) is 0 Å². The van der Waals surface area contributed by atoms with E-state index < -0.39 is 11.9 Å². The van der Waals surface area contributed by atoms with E-state index in [-0.39, 0.29) is 5.57 Å². The maximum Gasteiger partial charge on any atom is 0.0726 e. The highest BCUT2D eigenvalue weighted by molar-refractivity contribution is 5.92. The molecule has 0 bridgehead atoms. The Kier molecular flexibility index (Phi) is 22.7. The number of aliphatic carboxylic acids is 2. The van der Waals surface area contributed by atoms with E-state index in [4.69, 9.17) is 0 Å². The standard InChI is InChI=1S/C5H6O4.2C4H11N/c1-3(5(8)9)2-4(6)7;2*1-3-5-4-2/h2H,1H3,(H,6,7)(H,8,9);2*5H,3-4H2,1-2H3/b3-2-;;. The van der Waals surface area contributed by atoms with Crippen LogP contribution in [-0.2, 0) is 9.59 Å². The number of quaternary nitrogens is 2. The number of carboxylic acids is 2. The monoisotopic (exact) mass is 276 g/mol. The smallest absolute Gasteiger partial charge is 0.0726 e. The van der Waals surface area contributed by atoms with E-state index in [0.29, 0.717) is 6.08 Å². The normalized spacial score (nSPS) is 9.63. The molecule has 0 aromatic rings. The highest BCUT2D eigenvalue weighted by Gasteiger charge is 1.86. The van der Waals surface area contributed by atoms with E-state index in [1.54, 1.807) is 0 Å². The fourth-order valence-corrected chi connectivity index (χ4v) is 0.813. The SMILES string of the molecule is C/C(=C/C(=O)[O-])C(=O)[O-].CC[NH2+]CC.CC[NH2+]CC. The summed E-state index contributed by atoms with van der Waals surface area (Å²) in [5, 5.41) is 23.9. The molecule has 4 N–H and O–H groups in total. The summed E-state index contributed by atoms with van der Waals surface area (Å²) in [5.41, 5.74) is -0.352. The lowest BCUT2D eigenvalue weighted by Gasteiger charge is -2.00. The Bertz CT molecular complexity index is 243. The zero-order valence-corrected chi connectivity index (χ0v) is 12.7. The van der Waals surface area contributed by atoms with Gasteiger partial charge in [0.15, 0.2) is 0 Å². The third kappa shape index (κ3) is 31.5. The van der Waals surface area contributed by atoms with Gasteiger partial charge in [-0.25, -0.2) is 0 Å². The van der Waals surface area contributed by atoms with Gasteiger partial charge in [0.1, 0.15) is 0 Å². The van der Waals surface area contributed by atoms with E-state index in [1.165, 1.54) is 26.2 Å². The summed E-state index contributed by atoms with van der Waals surface area (Å²) < 4.78 is 0. The van der Waals surface area contributed by atoms with Crippen LogP contribution in [0.1, 0.15) is 34.6 Å². The zero-order valence-electron chi connectivity index (χ0n) is 12.7. The van der Waals surface area contributed by atoms with Crippen molar-refractivity contribution in [2.24, 2.45) is 0 Å². The maximum absolute atomic E-state index is 9.76. The predicted octanol–water partition coefficient (Wildman–Crippen LogP) is -3.39. The summed E-state index contributed by atoms with van der Waals surface area (Å²) in [6.45, 7) is 14.6. The summed E-state index contributed by atoms with van der Waals surface area (Å²) in [5.74, 6) is -3.03. The summed E-state index contributed by atoms with van der Waals surface area (Å²) >= 11 is 0. The number of rotatable bonds is 6. The molecule has 0 aromatic carbocycles. The van der Waals surface area contributed by atoms with Crippen molar-refractivity contribution < 1.29 is 30.4 Å². The van der Waals surface area contributed by atoms with Crippen LogP contribution in [0.5, 0.6) is 0 Å². The summed E-state index contributed by atoms with van der Waals surface area (Å²) in [6, 6.07) is 0. The second kappa shape index (κ2) is 19.0. The molecule has 0 atom stereocenters. The van der Waals surface area contributed by atoms with Gasteiger partial charge in [-0.3, -0.25) is 0 Å². The van der Waals surface area contributed by atoms with Crippen LogP contribution < -0.4 is 20.8 Å². The van der Waals surface area contributed by atoms with Crippen molar-refractivity contribution in [3.8, 4) is 0 Å². The number of hydrogen-bond donors (Lipinski definition) is 2. The quantitative estimate of drug-likeness (QED) is 0.492. The summed E-state index contributed by atoms with van der Waals surface area (Å²) in [7, 11) is 0.